The zero-order valence-corrected chi connectivity index (χ0v) is 17.7. The van der Waals surface area contributed by atoms with Gasteiger partial charge in [0.05, 0.1) is 11.8 Å². The van der Waals surface area contributed by atoms with E-state index in [9.17, 15) is 62.3 Å². The van der Waals surface area contributed by atoms with Crippen molar-refractivity contribution in [2.45, 2.75) is 82.0 Å². The van der Waals surface area contributed by atoms with E-state index in [0.717, 1.165) is 0 Å². The zero-order valence-electron chi connectivity index (χ0n) is 17.7. The van der Waals surface area contributed by atoms with Crippen LogP contribution in [0.25, 0.3) is 0 Å². The summed E-state index contributed by atoms with van der Waals surface area (Å²) in [6.45, 7) is -0.233. The number of esters is 1. The SMILES string of the molecule is CCC(CCCCC(C)C(=O)O)C(=O)OCC(F)(F)C(F)(F)C(F)(F)C(F)(F)C(F)(F)C(F)F. The first-order valence-corrected chi connectivity index (χ1v) is 9.68. The van der Waals surface area contributed by atoms with Gasteiger partial charge in [0.2, 0.25) is 0 Å². The average Bonchev–Trinajstić information content (AvgIpc) is 2.70. The molecule has 0 rings (SSSR count). The van der Waals surface area contributed by atoms with Crippen molar-refractivity contribution in [2.24, 2.45) is 11.8 Å². The fourth-order valence-electron chi connectivity index (χ4n) is 2.60. The van der Waals surface area contributed by atoms with Crippen molar-refractivity contribution in [3.05, 3.63) is 0 Å². The molecule has 0 aromatic heterocycles. The predicted octanol–water partition coefficient (Wildman–Crippen LogP) is 6.28. The highest BCUT2D eigenvalue weighted by Gasteiger charge is 2.87. The maximum Gasteiger partial charge on any atom is 0.384 e. The number of ether oxygens (including phenoxy) is 1. The summed E-state index contributed by atoms with van der Waals surface area (Å²) in [4.78, 5) is 22.5. The molecular formula is C18H22F12O4. The second-order valence-corrected chi connectivity index (χ2v) is 7.59. The Morgan fingerprint density at radius 1 is 0.824 bits per heavy atom. The molecule has 0 fully saturated rings. The van der Waals surface area contributed by atoms with Crippen molar-refractivity contribution in [2.75, 3.05) is 6.61 Å². The molecule has 0 radical (unpaired) electrons. The Balaban J connectivity index is 5.36. The smallest absolute Gasteiger partial charge is 0.384 e. The van der Waals surface area contributed by atoms with E-state index < -0.39 is 66.4 Å². The summed E-state index contributed by atoms with van der Waals surface area (Å²) in [6, 6.07) is 0. The van der Waals surface area contributed by atoms with Crippen LogP contribution >= 0.6 is 0 Å². The Labute approximate surface area is 185 Å². The highest BCUT2D eigenvalue weighted by atomic mass is 19.4. The molecule has 202 valence electrons. The topological polar surface area (TPSA) is 63.6 Å². The van der Waals surface area contributed by atoms with Crippen LogP contribution in [0, 0.1) is 11.8 Å². The fraction of sp³-hybridized carbons (Fsp3) is 0.889. The summed E-state index contributed by atoms with van der Waals surface area (Å²) in [5.74, 6) is -40.8. The van der Waals surface area contributed by atoms with Crippen LogP contribution in [-0.2, 0) is 14.3 Å². The number of rotatable bonds is 15. The van der Waals surface area contributed by atoms with Gasteiger partial charge in [-0.1, -0.05) is 26.7 Å². The van der Waals surface area contributed by atoms with Gasteiger partial charge < -0.3 is 9.84 Å². The van der Waals surface area contributed by atoms with Gasteiger partial charge >= 0.3 is 48.0 Å². The summed E-state index contributed by atoms with van der Waals surface area (Å²) in [6.07, 6.45) is -5.31. The first kappa shape index (κ1) is 32.1. The molecule has 0 aliphatic heterocycles. The molecule has 16 heteroatoms. The number of hydrogen-bond donors (Lipinski definition) is 1. The summed E-state index contributed by atoms with van der Waals surface area (Å²) in [5, 5.41) is 8.73. The number of carbonyl (C=O) groups excluding carboxylic acids is 1. The van der Waals surface area contributed by atoms with E-state index >= 15 is 0 Å². The van der Waals surface area contributed by atoms with E-state index in [-0.39, 0.29) is 32.1 Å². The highest BCUT2D eigenvalue weighted by molar-refractivity contribution is 5.72. The lowest BCUT2D eigenvalue weighted by Gasteiger charge is -2.38. The van der Waals surface area contributed by atoms with E-state index in [2.05, 4.69) is 4.74 Å². The monoisotopic (exact) mass is 530 g/mol. The van der Waals surface area contributed by atoms with Crippen LogP contribution in [0.1, 0.15) is 46.0 Å². The second kappa shape index (κ2) is 11.2. The molecule has 0 saturated heterocycles. The van der Waals surface area contributed by atoms with Gasteiger partial charge in [-0.25, -0.2) is 8.78 Å². The third-order valence-corrected chi connectivity index (χ3v) is 5.02. The molecule has 0 spiro atoms. The van der Waals surface area contributed by atoms with Crippen molar-refractivity contribution >= 4 is 11.9 Å². The third-order valence-electron chi connectivity index (χ3n) is 5.02. The first-order valence-electron chi connectivity index (χ1n) is 9.68. The number of alkyl halides is 12. The lowest BCUT2D eigenvalue weighted by Crippen LogP contribution is -2.69. The van der Waals surface area contributed by atoms with Gasteiger partial charge in [0.15, 0.2) is 6.61 Å². The number of carboxylic acid groups (broad SMARTS) is 1. The number of hydrogen-bond acceptors (Lipinski definition) is 3. The molecule has 4 nitrogen and oxygen atoms in total. The molecule has 0 amide bonds. The minimum absolute atomic E-state index is 0.127. The van der Waals surface area contributed by atoms with Gasteiger partial charge in [0.25, 0.3) is 0 Å². The summed E-state index contributed by atoms with van der Waals surface area (Å²) in [5.41, 5.74) is 0. The molecule has 0 aromatic rings. The van der Waals surface area contributed by atoms with Gasteiger partial charge in [-0.15, -0.1) is 0 Å². The molecule has 1 N–H and O–H groups in total. The standard InChI is InChI=1S/C18H22F12O4/c1-3-10(7-5-4-6-9(2)11(31)32)12(33)34-8-14(21,22)16(25,26)18(29,30)17(27,28)15(23,24)13(19)20/h9-10,13H,3-8H2,1-2H3,(H,31,32). The van der Waals surface area contributed by atoms with Crippen molar-refractivity contribution in [3.8, 4) is 0 Å². The Hall–Kier alpha value is -1.90. The molecule has 0 aliphatic carbocycles. The van der Waals surface area contributed by atoms with Crippen molar-refractivity contribution in [1.29, 1.82) is 0 Å². The Bertz CT molecular complexity index is 696. The van der Waals surface area contributed by atoms with Crippen LogP contribution in [0.15, 0.2) is 0 Å². The van der Waals surface area contributed by atoms with Gasteiger partial charge in [-0.3, -0.25) is 9.59 Å². The lowest BCUT2D eigenvalue weighted by atomic mass is 9.94. The maximum absolute atomic E-state index is 13.7. The van der Waals surface area contributed by atoms with Crippen LogP contribution in [-0.4, -0.2) is 59.7 Å². The third kappa shape index (κ3) is 6.40. The molecule has 0 heterocycles. The molecule has 0 aliphatic rings. The van der Waals surface area contributed by atoms with Crippen molar-refractivity contribution < 1.29 is 72.1 Å². The summed E-state index contributed by atoms with van der Waals surface area (Å²) >= 11 is 0. The van der Waals surface area contributed by atoms with E-state index in [4.69, 9.17) is 5.11 Å². The Morgan fingerprint density at radius 3 is 1.71 bits per heavy atom. The van der Waals surface area contributed by atoms with E-state index in [1.807, 2.05) is 0 Å². The van der Waals surface area contributed by atoms with E-state index in [1.165, 1.54) is 13.8 Å². The van der Waals surface area contributed by atoms with Gasteiger partial charge in [0, 0.05) is 0 Å². The van der Waals surface area contributed by atoms with E-state index in [1.54, 1.807) is 0 Å². The van der Waals surface area contributed by atoms with Crippen LogP contribution in [0.5, 0.6) is 0 Å². The second-order valence-electron chi connectivity index (χ2n) is 7.59. The van der Waals surface area contributed by atoms with Gasteiger partial charge in [0.1, 0.15) is 0 Å². The van der Waals surface area contributed by atoms with E-state index in [0.29, 0.717) is 0 Å². The number of carboxylic acids is 1. The number of carbonyl (C=O) groups is 2. The molecule has 0 bridgehead atoms. The minimum atomic E-state index is -7.68. The number of aliphatic carboxylic acids is 1. The molecule has 2 atom stereocenters. The molecule has 2 unspecified atom stereocenters. The Kier molecular flexibility index (Phi) is 10.6. The van der Waals surface area contributed by atoms with Gasteiger partial charge in [-0.2, -0.15) is 43.9 Å². The lowest BCUT2D eigenvalue weighted by molar-refractivity contribution is -0.414. The van der Waals surface area contributed by atoms with Crippen LogP contribution < -0.4 is 0 Å². The largest absolute Gasteiger partial charge is 0.481 e. The average molecular weight is 530 g/mol. The highest BCUT2D eigenvalue weighted by Crippen LogP contribution is 2.58. The molecular weight excluding hydrogens is 508 g/mol. The van der Waals surface area contributed by atoms with Crippen LogP contribution in [0.4, 0.5) is 52.7 Å². The maximum atomic E-state index is 13.7. The first-order chi connectivity index (χ1) is 15.1. The number of halogens is 12. The molecule has 34 heavy (non-hydrogen) atoms. The van der Waals surface area contributed by atoms with Crippen molar-refractivity contribution in [1.82, 2.24) is 0 Å². The quantitative estimate of drug-likeness (QED) is 0.154. The Morgan fingerprint density at radius 2 is 1.29 bits per heavy atom. The van der Waals surface area contributed by atoms with Gasteiger partial charge in [-0.05, 0) is 19.3 Å². The number of unbranched alkanes of at least 4 members (excludes halogenated alkanes) is 1. The summed E-state index contributed by atoms with van der Waals surface area (Å²) < 4.78 is 161. The predicted molar refractivity (Wildman–Crippen MR) is 90.7 cm³/mol. The normalized spacial score (nSPS) is 15.9. The molecule has 0 aromatic carbocycles. The van der Waals surface area contributed by atoms with Crippen LogP contribution in [0.2, 0.25) is 0 Å². The minimum Gasteiger partial charge on any atom is -0.481 e. The molecule has 0 saturated carbocycles. The fourth-order valence-corrected chi connectivity index (χ4v) is 2.60. The summed E-state index contributed by atoms with van der Waals surface area (Å²) in [7, 11) is 0. The van der Waals surface area contributed by atoms with Crippen LogP contribution in [0.3, 0.4) is 0 Å². The zero-order chi connectivity index (χ0) is 27.3. The van der Waals surface area contributed by atoms with Crippen molar-refractivity contribution in [3.63, 3.8) is 0 Å².